The molecular weight excluding hydrogens is 296 g/mol. The van der Waals surface area contributed by atoms with E-state index in [4.69, 9.17) is 18.9 Å². The minimum atomic E-state index is -1.11. The van der Waals surface area contributed by atoms with Crippen molar-refractivity contribution in [3.8, 4) is 0 Å². The summed E-state index contributed by atoms with van der Waals surface area (Å²) in [6.07, 6.45) is -1.28. The summed E-state index contributed by atoms with van der Waals surface area (Å²) in [6, 6.07) is 0. The third kappa shape index (κ3) is 5.19. The average Bonchev–Trinajstić information content (AvgIpc) is 2.34. The Kier molecular flexibility index (Phi) is 6.09. The first-order valence-corrected chi connectivity index (χ1v) is 6.58. The maximum Gasteiger partial charge on any atom is 0.303 e. The van der Waals surface area contributed by atoms with Crippen molar-refractivity contribution >= 4 is 23.9 Å². The minimum Gasteiger partial charge on any atom is -0.454 e. The standard InChI is InChI=1S/C14H18O8/c1-7(15)19-11-5-6-12(20-8(2)16)14(22-10(4)18)13(11)21-9(3)17/h5-6,11-14H,1-4H3/t11-,12-,13-,14-/m0/s1. The number of carbonyl (C=O) groups excluding carboxylic acids is 4. The van der Waals surface area contributed by atoms with Gasteiger partial charge in [0, 0.05) is 27.7 Å². The normalized spacial score (nSPS) is 26.7. The molecule has 8 heteroatoms. The summed E-state index contributed by atoms with van der Waals surface area (Å²) in [6.45, 7) is 4.71. The summed E-state index contributed by atoms with van der Waals surface area (Å²) in [5, 5.41) is 0. The maximum absolute atomic E-state index is 11.3. The van der Waals surface area contributed by atoms with Gasteiger partial charge in [0.1, 0.15) is 0 Å². The highest BCUT2D eigenvalue weighted by Gasteiger charge is 2.44. The van der Waals surface area contributed by atoms with Crippen molar-refractivity contribution in [2.24, 2.45) is 0 Å². The van der Waals surface area contributed by atoms with Crippen LogP contribution >= 0.6 is 0 Å². The third-order valence-corrected chi connectivity index (χ3v) is 2.67. The summed E-state index contributed by atoms with van der Waals surface area (Å²) < 4.78 is 20.3. The van der Waals surface area contributed by atoms with Crippen LogP contribution in [-0.4, -0.2) is 48.3 Å². The quantitative estimate of drug-likeness (QED) is 0.414. The Hall–Kier alpha value is -2.38. The largest absolute Gasteiger partial charge is 0.454 e. The van der Waals surface area contributed by atoms with Gasteiger partial charge in [-0.05, 0) is 12.2 Å². The van der Waals surface area contributed by atoms with E-state index in [1.165, 1.54) is 26.0 Å². The summed E-state index contributed by atoms with van der Waals surface area (Å²) in [4.78, 5) is 44.8. The number of esters is 4. The lowest BCUT2D eigenvalue weighted by atomic mass is 9.95. The Morgan fingerprint density at radius 1 is 0.591 bits per heavy atom. The Morgan fingerprint density at radius 2 is 0.864 bits per heavy atom. The molecule has 22 heavy (non-hydrogen) atoms. The zero-order valence-electron chi connectivity index (χ0n) is 12.7. The summed E-state index contributed by atoms with van der Waals surface area (Å²) in [5.41, 5.74) is 0. The van der Waals surface area contributed by atoms with Crippen LogP contribution in [0.2, 0.25) is 0 Å². The van der Waals surface area contributed by atoms with Gasteiger partial charge in [-0.1, -0.05) is 0 Å². The fraction of sp³-hybridized carbons (Fsp3) is 0.571. The second-order valence-corrected chi connectivity index (χ2v) is 4.68. The molecule has 0 saturated heterocycles. The first-order valence-electron chi connectivity index (χ1n) is 6.58. The molecule has 0 unspecified atom stereocenters. The van der Waals surface area contributed by atoms with Gasteiger partial charge in [-0.3, -0.25) is 19.2 Å². The topological polar surface area (TPSA) is 105 Å². The molecule has 122 valence electrons. The van der Waals surface area contributed by atoms with E-state index in [2.05, 4.69) is 0 Å². The number of hydrogen-bond acceptors (Lipinski definition) is 8. The van der Waals surface area contributed by atoms with Gasteiger partial charge >= 0.3 is 23.9 Å². The van der Waals surface area contributed by atoms with Gasteiger partial charge in [-0.15, -0.1) is 0 Å². The number of hydrogen-bond donors (Lipinski definition) is 0. The predicted octanol–water partition coefficient (Wildman–Crippen LogP) is 0.283. The molecule has 1 aliphatic rings. The molecule has 0 saturated carbocycles. The molecule has 0 aliphatic heterocycles. The lowest BCUT2D eigenvalue weighted by Crippen LogP contribution is -2.53. The van der Waals surface area contributed by atoms with Gasteiger partial charge in [0.2, 0.25) is 0 Å². The lowest BCUT2D eigenvalue weighted by molar-refractivity contribution is -0.193. The molecule has 0 spiro atoms. The van der Waals surface area contributed by atoms with E-state index in [0.717, 1.165) is 13.8 Å². The van der Waals surface area contributed by atoms with Gasteiger partial charge in [0.25, 0.3) is 0 Å². The van der Waals surface area contributed by atoms with Gasteiger partial charge in [0.15, 0.2) is 24.4 Å². The molecule has 4 atom stereocenters. The molecule has 0 radical (unpaired) electrons. The molecule has 0 heterocycles. The fourth-order valence-electron chi connectivity index (χ4n) is 2.06. The molecule has 8 nitrogen and oxygen atoms in total. The molecule has 1 aliphatic carbocycles. The highest BCUT2D eigenvalue weighted by molar-refractivity contribution is 5.69. The molecule has 0 N–H and O–H groups in total. The van der Waals surface area contributed by atoms with E-state index in [1.54, 1.807) is 0 Å². The van der Waals surface area contributed by atoms with E-state index >= 15 is 0 Å². The molecular formula is C14H18O8. The van der Waals surface area contributed by atoms with Crippen LogP contribution in [0.15, 0.2) is 12.2 Å². The predicted molar refractivity (Wildman–Crippen MR) is 71.4 cm³/mol. The maximum atomic E-state index is 11.3. The number of ether oxygens (including phenoxy) is 4. The van der Waals surface area contributed by atoms with Crippen LogP contribution in [0.25, 0.3) is 0 Å². The molecule has 1 rings (SSSR count). The summed E-state index contributed by atoms with van der Waals surface area (Å²) in [7, 11) is 0. The van der Waals surface area contributed by atoms with Crippen molar-refractivity contribution in [1.82, 2.24) is 0 Å². The molecule has 0 amide bonds. The van der Waals surface area contributed by atoms with Crippen LogP contribution in [0, 0.1) is 0 Å². The Balaban J connectivity index is 3.11. The van der Waals surface area contributed by atoms with Gasteiger partial charge in [-0.25, -0.2) is 0 Å². The van der Waals surface area contributed by atoms with Crippen molar-refractivity contribution in [2.45, 2.75) is 52.1 Å². The van der Waals surface area contributed by atoms with Gasteiger partial charge < -0.3 is 18.9 Å². The second-order valence-electron chi connectivity index (χ2n) is 4.68. The van der Waals surface area contributed by atoms with Crippen molar-refractivity contribution in [2.75, 3.05) is 0 Å². The van der Waals surface area contributed by atoms with Gasteiger partial charge in [0.05, 0.1) is 0 Å². The van der Waals surface area contributed by atoms with E-state index in [1.807, 2.05) is 0 Å². The zero-order chi connectivity index (χ0) is 16.9. The highest BCUT2D eigenvalue weighted by atomic mass is 16.6. The van der Waals surface area contributed by atoms with Crippen LogP contribution in [0.1, 0.15) is 27.7 Å². The van der Waals surface area contributed by atoms with E-state index in [0.29, 0.717) is 0 Å². The Morgan fingerprint density at radius 3 is 1.09 bits per heavy atom. The van der Waals surface area contributed by atoms with Crippen LogP contribution in [0.5, 0.6) is 0 Å². The monoisotopic (exact) mass is 314 g/mol. The van der Waals surface area contributed by atoms with Crippen LogP contribution in [0.3, 0.4) is 0 Å². The van der Waals surface area contributed by atoms with E-state index in [9.17, 15) is 19.2 Å². The lowest BCUT2D eigenvalue weighted by Gasteiger charge is -2.36. The fourth-order valence-corrected chi connectivity index (χ4v) is 2.06. The zero-order valence-corrected chi connectivity index (χ0v) is 12.7. The highest BCUT2D eigenvalue weighted by Crippen LogP contribution is 2.25. The average molecular weight is 314 g/mol. The Labute approximate surface area is 127 Å². The van der Waals surface area contributed by atoms with Gasteiger partial charge in [-0.2, -0.15) is 0 Å². The second kappa shape index (κ2) is 7.58. The molecule has 0 fully saturated rings. The van der Waals surface area contributed by atoms with Crippen LogP contribution < -0.4 is 0 Å². The molecule has 0 aromatic rings. The van der Waals surface area contributed by atoms with E-state index < -0.39 is 48.3 Å². The van der Waals surface area contributed by atoms with Crippen molar-refractivity contribution in [3.05, 3.63) is 12.2 Å². The summed E-state index contributed by atoms with van der Waals surface area (Å²) in [5.74, 6) is -2.51. The minimum absolute atomic E-state index is 0.598. The van der Waals surface area contributed by atoms with Crippen molar-refractivity contribution in [3.63, 3.8) is 0 Å². The van der Waals surface area contributed by atoms with E-state index in [-0.39, 0.29) is 0 Å². The Bertz CT molecular complexity index is 451. The van der Waals surface area contributed by atoms with Crippen LogP contribution in [-0.2, 0) is 38.1 Å². The SMILES string of the molecule is CC(=O)O[C@@H]1[C@@H](OC(C)=O)[C@@H](OC(C)=O)C=C[C@@H]1OC(C)=O. The molecule has 0 aromatic carbocycles. The molecule has 0 aromatic heterocycles. The van der Waals surface area contributed by atoms with Crippen molar-refractivity contribution in [1.29, 1.82) is 0 Å². The first-order chi connectivity index (χ1) is 10.2. The van der Waals surface area contributed by atoms with Crippen molar-refractivity contribution < 1.29 is 38.1 Å². The number of carbonyl (C=O) groups is 4. The smallest absolute Gasteiger partial charge is 0.303 e. The first kappa shape index (κ1) is 17.7. The number of rotatable bonds is 4. The summed E-state index contributed by atoms with van der Waals surface area (Å²) >= 11 is 0. The third-order valence-electron chi connectivity index (χ3n) is 2.67. The molecule has 0 bridgehead atoms. The van der Waals surface area contributed by atoms with Crippen LogP contribution in [0.4, 0.5) is 0 Å².